The Morgan fingerprint density at radius 2 is 2.11 bits per heavy atom. The lowest BCUT2D eigenvalue weighted by Gasteiger charge is -2.19. The molecule has 6 heteroatoms. The van der Waals surface area contributed by atoms with E-state index < -0.39 is 16.3 Å². The average molecular weight is 267 g/mol. The number of nitrogens with zero attached hydrogens (tertiary/aromatic N) is 1. The molecule has 0 atom stereocenters. The van der Waals surface area contributed by atoms with Crippen LogP contribution in [0.3, 0.4) is 0 Å². The first-order chi connectivity index (χ1) is 8.75. The minimum Gasteiger partial charge on any atom is -0.493 e. The van der Waals surface area contributed by atoms with Crippen LogP contribution in [0.4, 0.5) is 5.69 Å². The highest BCUT2D eigenvalue weighted by Crippen LogP contribution is 2.28. The topological polar surface area (TPSA) is 89.7 Å². The van der Waals surface area contributed by atoms with Crippen LogP contribution in [0.25, 0.3) is 0 Å². The fraction of sp³-hybridized carbons (Fsp3) is 0.462. The first kappa shape index (κ1) is 14.9. The summed E-state index contributed by atoms with van der Waals surface area (Å²) in [5, 5.41) is 19.7. The number of aliphatic carboxylic acids is 1. The highest BCUT2D eigenvalue weighted by atomic mass is 16.6. The van der Waals surface area contributed by atoms with Gasteiger partial charge in [0.2, 0.25) is 0 Å². The van der Waals surface area contributed by atoms with E-state index in [-0.39, 0.29) is 12.3 Å². The third kappa shape index (κ3) is 3.67. The van der Waals surface area contributed by atoms with Crippen LogP contribution in [-0.4, -0.2) is 22.6 Å². The molecular weight excluding hydrogens is 250 g/mol. The second-order valence-corrected chi connectivity index (χ2v) is 4.94. The number of carboxylic acids is 1. The lowest BCUT2D eigenvalue weighted by atomic mass is 9.90. The molecule has 0 aliphatic heterocycles. The maximum Gasteiger partial charge on any atom is 0.309 e. The summed E-state index contributed by atoms with van der Waals surface area (Å²) in [6.07, 6.45) is 0.324. The highest BCUT2D eigenvalue weighted by molar-refractivity contribution is 5.73. The lowest BCUT2D eigenvalue weighted by Crippen LogP contribution is -2.25. The zero-order chi connectivity index (χ0) is 14.6. The third-order valence-electron chi connectivity index (χ3n) is 3.02. The molecule has 104 valence electrons. The Morgan fingerprint density at radius 1 is 1.47 bits per heavy atom. The van der Waals surface area contributed by atoms with Gasteiger partial charge in [0.15, 0.2) is 0 Å². The molecule has 1 aromatic rings. The van der Waals surface area contributed by atoms with Crippen LogP contribution in [-0.2, 0) is 4.79 Å². The summed E-state index contributed by atoms with van der Waals surface area (Å²) >= 11 is 0. The largest absolute Gasteiger partial charge is 0.493 e. The minimum atomic E-state index is -0.896. The van der Waals surface area contributed by atoms with Crippen LogP contribution in [0.1, 0.15) is 25.8 Å². The molecule has 0 saturated heterocycles. The van der Waals surface area contributed by atoms with Crippen molar-refractivity contribution in [3.63, 3.8) is 0 Å². The molecule has 0 amide bonds. The van der Waals surface area contributed by atoms with Crippen LogP contribution in [0.5, 0.6) is 5.75 Å². The molecule has 0 bridgehead atoms. The van der Waals surface area contributed by atoms with Crippen molar-refractivity contribution >= 4 is 11.7 Å². The first-order valence-electron chi connectivity index (χ1n) is 5.86. The van der Waals surface area contributed by atoms with E-state index in [0.717, 1.165) is 0 Å². The van der Waals surface area contributed by atoms with Crippen LogP contribution in [0.15, 0.2) is 18.2 Å². The van der Waals surface area contributed by atoms with Gasteiger partial charge in [-0.15, -0.1) is 0 Å². The van der Waals surface area contributed by atoms with Gasteiger partial charge in [0.1, 0.15) is 5.75 Å². The predicted octanol–water partition coefficient (Wildman–Crippen LogP) is 2.78. The van der Waals surface area contributed by atoms with Crippen LogP contribution in [0.2, 0.25) is 0 Å². The summed E-state index contributed by atoms with van der Waals surface area (Å²) in [6, 6.07) is 4.59. The van der Waals surface area contributed by atoms with Gasteiger partial charge in [-0.3, -0.25) is 14.9 Å². The summed E-state index contributed by atoms with van der Waals surface area (Å²) < 4.78 is 5.45. The third-order valence-corrected chi connectivity index (χ3v) is 3.02. The van der Waals surface area contributed by atoms with E-state index in [4.69, 9.17) is 9.84 Å². The molecular formula is C13H17NO5. The smallest absolute Gasteiger partial charge is 0.309 e. The van der Waals surface area contributed by atoms with Gasteiger partial charge < -0.3 is 9.84 Å². The van der Waals surface area contributed by atoms with E-state index in [1.807, 2.05) is 0 Å². The summed E-state index contributed by atoms with van der Waals surface area (Å²) in [7, 11) is 0. The Kier molecular flexibility index (Phi) is 4.47. The van der Waals surface area contributed by atoms with Gasteiger partial charge in [-0.05, 0) is 33.3 Å². The number of ether oxygens (including phenoxy) is 1. The molecule has 1 rings (SSSR count). The fourth-order valence-corrected chi connectivity index (χ4v) is 1.48. The lowest BCUT2D eigenvalue weighted by molar-refractivity contribution is -0.385. The van der Waals surface area contributed by atoms with Gasteiger partial charge in [-0.2, -0.15) is 0 Å². The standard InChI is InChI=1S/C13H17NO5/c1-9-10(14(17)18)5-4-6-11(9)19-8-7-13(2,3)12(15)16/h4-6H,7-8H2,1-3H3,(H,15,16). The number of hydrogen-bond donors (Lipinski definition) is 1. The van der Waals surface area contributed by atoms with Crippen molar-refractivity contribution in [3.8, 4) is 5.75 Å². The van der Waals surface area contributed by atoms with Crippen molar-refractivity contribution in [1.29, 1.82) is 0 Å². The zero-order valence-electron chi connectivity index (χ0n) is 11.2. The van der Waals surface area contributed by atoms with E-state index in [1.54, 1.807) is 32.9 Å². The van der Waals surface area contributed by atoms with Crippen molar-refractivity contribution in [2.75, 3.05) is 6.61 Å². The van der Waals surface area contributed by atoms with E-state index in [9.17, 15) is 14.9 Å². The second kappa shape index (κ2) is 5.69. The molecule has 0 aliphatic carbocycles. The normalized spacial score (nSPS) is 11.1. The molecule has 0 fully saturated rings. The van der Waals surface area contributed by atoms with Gasteiger partial charge in [-0.25, -0.2) is 0 Å². The number of carboxylic acid groups (broad SMARTS) is 1. The minimum absolute atomic E-state index is 0.00463. The fourth-order valence-electron chi connectivity index (χ4n) is 1.48. The molecule has 0 saturated carbocycles. The Labute approximate surface area is 111 Å². The predicted molar refractivity (Wildman–Crippen MR) is 69.4 cm³/mol. The van der Waals surface area contributed by atoms with Crippen molar-refractivity contribution < 1.29 is 19.6 Å². The Hall–Kier alpha value is -2.11. The first-order valence-corrected chi connectivity index (χ1v) is 5.86. The van der Waals surface area contributed by atoms with Gasteiger partial charge >= 0.3 is 5.97 Å². The van der Waals surface area contributed by atoms with E-state index in [1.165, 1.54) is 6.07 Å². The van der Waals surface area contributed by atoms with Crippen LogP contribution < -0.4 is 4.74 Å². The molecule has 1 aromatic carbocycles. The quantitative estimate of drug-likeness (QED) is 0.632. The molecule has 19 heavy (non-hydrogen) atoms. The Balaban J connectivity index is 2.72. The zero-order valence-corrected chi connectivity index (χ0v) is 11.2. The Bertz CT molecular complexity index is 496. The highest BCUT2D eigenvalue weighted by Gasteiger charge is 2.27. The van der Waals surface area contributed by atoms with Crippen LogP contribution >= 0.6 is 0 Å². The molecule has 6 nitrogen and oxygen atoms in total. The second-order valence-electron chi connectivity index (χ2n) is 4.94. The molecule has 0 unspecified atom stereocenters. The summed E-state index contributed by atoms with van der Waals surface area (Å²) in [6.45, 7) is 5.02. The number of rotatable bonds is 6. The summed E-state index contributed by atoms with van der Waals surface area (Å²) in [5.41, 5.74) is -0.440. The van der Waals surface area contributed by atoms with Gasteiger partial charge in [-0.1, -0.05) is 6.07 Å². The monoisotopic (exact) mass is 267 g/mol. The Morgan fingerprint density at radius 3 is 2.63 bits per heavy atom. The molecule has 0 radical (unpaired) electrons. The number of nitro groups is 1. The van der Waals surface area contributed by atoms with Gasteiger partial charge in [0.05, 0.1) is 22.5 Å². The number of benzene rings is 1. The van der Waals surface area contributed by atoms with Crippen molar-refractivity contribution in [2.45, 2.75) is 27.2 Å². The molecule has 0 aromatic heterocycles. The average Bonchev–Trinajstić information content (AvgIpc) is 2.30. The van der Waals surface area contributed by atoms with Gasteiger partial charge in [0, 0.05) is 6.07 Å². The van der Waals surface area contributed by atoms with E-state index in [2.05, 4.69) is 0 Å². The van der Waals surface area contributed by atoms with Crippen molar-refractivity contribution in [3.05, 3.63) is 33.9 Å². The summed E-state index contributed by atoms with van der Waals surface area (Å²) in [5.74, 6) is -0.484. The van der Waals surface area contributed by atoms with Gasteiger partial charge in [0.25, 0.3) is 5.69 Å². The SMILES string of the molecule is Cc1c(OCCC(C)(C)C(=O)O)cccc1[N+](=O)[O-]. The molecule has 1 N–H and O–H groups in total. The number of hydrogen-bond acceptors (Lipinski definition) is 4. The number of carbonyl (C=O) groups is 1. The van der Waals surface area contributed by atoms with Crippen LogP contribution in [0, 0.1) is 22.5 Å². The van der Waals surface area contributed by atoms with E-state index >= 15 is 0 Å². The van der Waals surface area contributed by atoms with E-state index in [0.29, 0.717) is 17.7 Å². The van der Waals surface area contributed by atoms with Crippen molar-refractivity contribution in [1.82, 2.24) is 0 Å². The maximum absolute atomic E-state index is 10.9. The molecule has 0 spiro atoms. The number of nitro benzene ring substituents is 1. The maximum atomic E-state index is 10.9. The molecule has 0 heterocycles. The summed E-state index contributed by atoms with van der Waals surface area (Å²) in [4.78, 5) is 21.2. The van der Waals surface area contributed by atoms with Crippen molar-refractivity contribution in [2.24, 2.45) is 5.41 Å². The molecule has 0 aliphatic rings.